The van der Waals surface area contributed by atoms with Gasteiger partial charge in [-0.25, -0.2) is 0 Å². The summed E-state index contributed by atoms with van der Waals surface area (Å²) in [4.78, 5) is 12.7. The van der Waals surface area contributed by atoms with E-state index in [9.17, 15) is 4.79 Å². The molecule has 0 bridgehead atoms. The maximum atomic E-state index is 12.7. The van der Waals surface area contributed by atoms with Gasteiger partial charge >= 0.3 is 135 Å². The topological polar surface area (TPSA) is 29.1 Å². The number of benzene rings is 1. The van der Waals surface area contributed by atoms with Crippen LogP contribution in [0.15, 0.2) is 12.1 Å². The third-order valence-corrected chi connectivity index (χ3v) is 11.7. The van der Waals surface area contributed by atoms with E-state index in [0.29, 0.717) is 0 Å². The minimum atomic E-state index is -1.52. The van der Waals surface area contributed by atoms with Gasteiger partial charge in [-0.15, -0.1) is 0 Å². The Morgan fingerprint density at radius 1 is 1.14 bits per heavy atom. The van der Waals surface area contributed by atoms with Crippen LogP contribution >= 0.6 is 18.9 Å². The van der Waals surface area contributed by atoms with E-state index in [1.165, 1.54) is 0 Å². The normalized spacial score (nSPS) is 13.9. The molecular formula is C17H29ClNOP. The van der Waals surface area contributed by atoms with Crippen molar-refractivity contribution in [1.29, 1.82) is 0 Å². The van der Waals surface area contributed by atoms with Gasteiger partial charge in [0, 0.05) is 0 Å². The van der Waals surface area contributed by atoms with Crippen LogP contribution in [0, 0.1) is 13.8 Å². The van der Waals surface area contributed by atoms with Gasteiger partial charge in [-0.3, -0.25) is 0 Å². The first-order valence-corrected chi connectivity index (χ1v) is 11.0. The number of carbonyl (C=O) groups excluding carboxylic acids is 1. The average Bonchev–Trinajstić information content (AvgIpc) is 2.44. The van der Waals surface area contributed by atoms with Crippen LogP contribution in [0.1, 0.15) is 38.8 Å². The summed E-state index contributed by atoms with van der Waals surface area (Å²) in [6, 6.07) is 3.80. The van der Waals surface area contributed by atoms with Gasteiger partial charge in [-0.2, -0.15) is 0 Å². The molecule has 0 radical (unpaired) electrons. The number of halogens is 1. The zero-order chi connectivity index (χ0) is 16.2. The van der Waals surface area contributed by atoms with Crippen LogP contribution in [0.25, 0.3) is 0 Å². The average molecular weight is 330 g/mol. The molecular weight excluding hydrogens is 301 g/mol. The van der Waals surface area contributed by atoms with Crippen LogP contribution < -0.4 is 5.32 Å². The fourth-order valence-corrected chi connectivity index (χ4v) is 7.58. The van der Waals surface area contributed by atoms with E-state index in [4.69, 9.17) is 11.6 Å². The number of hydrogen-bond acceptors (Lipinski definition) is 1. The molecule has 0 aromatic heterocycles. The molecule has 0 heterocycles. The SMILES string of the molecule is CC[PH](CC)(CC)C(C)C(=O)Nc1c(C)cc(Cl)cc1C. The molecule has 1 rings (SSSR count). The third-order valence-electron chi connectivity index (χ3n) is 5.17. The van der Waals surface area contributed by atoms with Gasteiger partial charge in [0.1, 0.15) is 0 Å². The zero-order valence-electron chi connectivity index (χ0n) is 14.1. The van der Waals surface area contributed by atoms with Crippen LogP contribution in [0.5, 0.6) is 0 Å². The molecule has 21 heavy (non-hydrogen) atoms. The van der Waals surface area contributed by atoms with E-state index in [-0.39, 0.29) is 11.6 Å². The minimum absolute atomic E-state index is 0.131. The van der Waals surface area contributed by atoms with Crippen molar-refractivity contribution in [2.45, 2.75) is 47.2 Å². The Balaban J connectivity index is 3.01. The first-order valence-electron chi connectivity index (χ1n) is 7.88. The summed E-state index contributed by atoms with van der Waals surface area (Å²) in [7, 11) is -1.52. The molecule has 0 saturated carbocycles. The van der Waals surface area contributed by atoms with Crippen molar-refractivity contribution >= 4 is 30.5 Å². The number of nitrogens with one attached hydrogen (secondary N) is 1. The number of anilines is 1. The summed E-state index contributed by atoms with van der Waals surface area (Å²) in [5.41, 5.74) is 3.10. The van der Waals surface area contributed by atoms with Crippen LogP contribution in [-0.4, -0.2) is 30.1 Å². The number of rotatable bonds is 6. The summed E-state index contributed by atoms with van der Waals surface area (Å²) in [5, 5.41) is 3.87. The predicted octanol–water partition coefficient (Wildman–Crippen LogP) is 5.09. The standard InChI is InChI=1S/C17H29ClNOP/c1-7-21(8-2,9-3)14(6)17(20)19-16-12(4)10-15(18)11-13(16)5/h10-11,14,21H,7-9H2,1-6H3,(H,19,20). The first-order chi connectivity index (χ1) is 9.81. The molecule has 2 nitrogen and oxygen atoms in total. The Morgan fingerprint density at radius 3 is 1.95 bits per heavy atom. The molecule has 1 unspecified atom stereocenters. The second-order valence-electron chi connectivity index (χ2n) is 6.05. The van der Waals surface area contributed by atoms with Gasteiger partial charge in [0.15, 0.2) is 0 Å². The van der Waals surface area contributed by atoms with Crippen molar-refractivity contribution in [2.24, 2.45) is 0 Å². The fraction of sp³-hybridized carbons (Fsp3) is 0.588. The molecule has 0 spiro atoms. The number of carbonyl (C=O) groups is 1. The van der Waals surface area contributed by atoms with Crippen LogP contribution in [0.4, 0.5) is 5.69 Å². The molecule has 0 fully saturated rings. The molecule has 0 saturated heterocycles. The van der Waals surface area contributed by atoms with Crippen LogP contribution in [0.2, 0.25) is 5.02 Å². The Morgan fingerprint density at radius 2 is 1.57 bits per heavy atom. The summed E-state index contributed by atoms with van der Waals surface area (Å²) in [6.07, 6.45) is 3.48. The number of hydrogen-bond donors (Lipinski definition) is 1. The van der Waals surface area contributed by atoms with E-state index < -0.39 is 7.26 Å². The van der Waals surface area contributed by atoms with E-state index in [1.54, 1.807) is 0 Å². The maximum absolute atomic E-state index is 12.7. The third kappa shape index (κ3) is 3.99. The number of amides is 1. The van der Waals surface area contributed by atoms with Crippen LogP contribution in [-0.2, 0) is 4.79 Å². The Bertz CT molecular complexity index is 480. The van der Waals surface area contributed by atoms with Gasteiger partial charge in [0.25, 0.3) is 0 Å². The quantitative estimate of drug-likeness (QED) is 0.723. The molecule has 0 aliphatic heterocycles. The summed E-state index contributed by atoms with van der Waals surface area (Å²) in [5.74, 6) is 0.167. The molecule has 0 aliphatic carbocycles. The first kappa shape index (κ1) is 18.5. The van der Waals surface area contributed by atoms with Gasteiger partial charge in [-0.1, -0.05) is 0 Å². The van der Waals surface area contributed by atoms with Crippen LogP contribution in [0.3, 0.4) is 0 Å². The van der Waals surface area contributed by atoms with E-state index in [0.717, 1.165) is 40.3 Å². The molecule has 1 aromatic rings. The Kier molecular flexibility index (Phi) is 6.69. The predicted molar refractivity (Wildman–Crippen MR) is 99.0 cm³/mol. The molecule has 1 atom stereocenters. The second-order valence-corrected chi connectivity index (χ2v) is 12.2. The van der Waals surface area contributed by atoms with Crippen molar-refractivity contribution in [3.63, 3.8) is 0 Å². The summed E-state index contributed by atoms with van der Waals surface area (Å²) in [6.45, 7) is 12.8. The molecule has 0 aliphatic rings. The summed E-state index contributed by atoms with van der Waals surface area (Å²) >= 11 is 6.06. The number of aryl methyl sites for hydroxylation is 2. The van der Waals surface area contributed by atoms with Gasteiger partial charge in [0.2, 0.25) is 0 Å². The Hall–Kier alpha value is -0.590. The van der Waals surface area contributed by atoms with E-state index in [1.807, 2.05) is 26.0 Å². The van der Waals surface area contributed by atoms with Crippen molar-refractivity contribution in [3.8, 4) is 0 Å². The van der Waals surface area contributed by atoms with Crippen molar-refractivity contribution in [2.75, 3.05) is 23.8 Å². The second kappa shape index (κ2) is 7.61. The van der Waals surface area contributed by atoms with Crippen molar-refractivity contribution in [3.05, 3.63) is 28.3 Å². The fourth-order valence-electron chi connectivity index (χ4n) is 3.29. The molecule has 1 aromatic carbocycles. The molecule has 120 valence electrons. The van der Waals surface area contributed by atoms with Crippen molar-refractivity contribution < 1.29 is 4.79 Å². The zero-order valence-corrected chi connectivity index (χ0v) is 15.9. The van der Waals surface area contributed by atoms with Gasteiger partial charge in [-0.05, 0) is 0 Å². The molecule has 1 amide bonds. The van der Waals surface area contributed by atoms with Gasteiger partial charge in [0.05, 0.1) is 0 Å². The van der Waals surface area contributed by atoms with E-state index >= 15 is 0 Å². The molecule has 4 heteroatoms. The summed E-state index contributed by atoms with van der Waals surface area (Å²) < 4.78 is 0. The van der Waals surface area contributed by atoms with Gasteiger partial charge < -0.3 is 0 Å². The van der Waals surface area contributed by atoms with Crippen molar-refractivity contribution in [1.82, 2.24) is 0 Å². The molecule has 1 N–H and O–H groups in total. The monoisotopic (exact) mass is 329 g/mol. The Labute approximate surface area is 135 Å². The van der Waals surface area contributed by atoms with E-state index in [2.05, 4.69) is 33.0 Å².